The number of ketones is 1. The summed E-state index contributed by atoms with van der Waals surface area (Å²) in [5, 5.41) is 20.7. The van der Waals surface area contributed by atoms with Crippen LogP contribution < -0.4 is 0 Å². The van der Waals surface area contributed by atoms with Gasteiger partial charge in [-0.3, -0.25) is 9.59 Å². The predicted octanol–water partition coefficient (Wildman–Crippen LogP) is 3.37. The summed E-state index contributed by atoms with van der Waals surface area (Å²) in [7, 11) is 0. The molecule has 194 valence electrons. The zero-order valence-corrected chi connectivity index (χ0v) is 21.2. The van der Waals surface area contributed by atoms with Crippen LogP contribution >= 0.6 is 0 Å². The molecule has 0 radical (unpaired) electrons. The molecule has 0 saturated carbocycles. The molecule has 8 nitrogen and oxygen atoms in total. The van der Waals surface area contributed by atoms with E-state index in [0.29, 0.717) is 32.1 Å². The van der Waals surface area contributed by atoms with E-state index in [4.69, 9.17) is 9.47 Å². The van der Waals surface area contributed by atoms with Gasteiger partial charge in [0.05, 0.1) is 6.10 Å². The van der Waals surface area contributed by atoms with Crippen molar-refractivity contribution in [1.29, 1.82) is 0 Å². The van der Waals surface area contributed by atoms with Crippen LogP contribution in [0.1, 0.15) is 71.8 Å². The number of carbonyl (C=O) groups is 3. The van der Waals surface area contributed by atoms with Gasteiger partial charge in [-0.1, -0.05) is 26.0 Å². The molecule has 2 aliphatic rings. The van der Waals surface area contributed by atoms with Crippen molar-refractivity contribution in [3.63, 3.8) is 0 Å². The number of amides is 1. The molecule has 8 heteroatoms. The van der Waals surface area contributed by atoms with Gasteiger partial charge >= 0.3 is 5.97 Å². The molecule has 0 spiro atoms. The molecule has 35 heavy (non-hydrogen) atoms. The van der Waals surface area contributed by atoms with Gasteiger partial charge in [0.1, 0.15) is 17.9 Å². The molecule has 2 aliphatic heterocycles. The highest BCUT2D eigenvalue weighted by Crippen LogP contribution is 2.34. The molecule has 2 N–H and O–H groups in total. The minimum atomic E-state index is -2.18. The summed E-state index contributed by atoms with van der Waals surface area (Å²) in [5.74, 6) is -4.93. The number of aromatic hydroxyl groups is 1. The fourth-order valence-corrected chi connectivity index (χ4v) is 5.13. The molecule has 6 atom stereocenters. The standard InChI is InChI=1S/C27H39NO7/c1-5-21(15-20-9-8-10-22(29)16-20)19(4)34-26(32)23-11-6-7-14-28(23)25(31)24(30)27(33)17(2)12-13-18(3)35-27/h8-10,16-19,21,23,29,33H,5-7,11-15H2,1-4H3. The Labute approximate surface area is 207 Å². The summed E-state index contributed by atoms with van der Waals surface area (Å²) in [5.41, 5.74) is 0.948. The highest BCUT2D eigenvalue weighted by atomic mass is 16.6. The van der Waals surface area contributed by atoms with Crippen molar-refractivity contribution in [2.24, 2.45) is 11.8 Å². The van der Waals surface area contributed by atoms with Gasteiger partial charge in [-0.25, -0.2) is 4.79 Å². The Bertz CT molecular complexity index is 919. The number of hydrogen-bond acceptors (Lipinski definition) is 7. The molecule has 0 aromatic heterocycles. The molecule has 3 rings (SSSR count). The van der Waals surface area contributed by atoms with Gasteiger partial charge in [-0.2, -0.15) is 0 Å². The van der Waals surface area contributed by atoms with Crippen molar-refractivity contribution in [2.45, 2.75) is 96.7 Å². The molecule has 1 aromatic rings. The smallest absolute Gasteiger partial charge is 0.329 e. The zero-order valence-electron chi connectivity index (χ0n) is 21.2. The second kappa shape index (κ2) is 11.5. The van der Waals surface area contributed by atoms with Gasteiger partial charge < -0.3 is 24.6 Å². The Kier molecular flexibility index (Phi) is 8.94. The molecule has 2 heterocycles. The van der Waals surface area contributed by atoms with Crippen LogP contribution in [-0.4, -0.2) is 63.4 Å². The van der Waals surface area contributed by atoms with Crippen molar-refractivity contribution in [3.8, 4) is 5.75 Å². The quantitative estimate of drug-likeness (QED) is 0.425. The van der Waals surface area contributed by atoms with E-state index in [1.54, 1.807) is 32.0 Å². The third kappa shape index (κ3) is 6.22. The third-order valence-electron chi connectivity index (χ3n) is 7.51. The largest absolute Gasteiger partial charge is 0.508 e. The highest BCUT2D eigenvalue weighted by molar-refractivity contribution is 6.39. The van der Waals surface area contributed by atoms with Crippen LogP contribution in [0.2, 0.25) is 0 Å². The van der Waals surface area contributed by atoms with Gasteiger partial charge in [-0.05, 0) is 82.4 Å². The monoisotopic (exact) mass is 489 g/mol. The Hall–Kier alpha value is -2.45. The summed E-state index contributed by atoms with van der Waals surface area (Å²) < 4.78 is 11.4. The molecule has 0 aliphatic carbocycles. The van der Waals surface area contributed by atoms with Crippen LogP contribution in [0.4, 0.5) is 0 Å². The number of ether oxygens (including phenoxy) is 2. The number of phenols is 1. The maximum Gasteiger partial charge on any atom is 0.329 e. The van der Waals surface area contributed by atoms with Crippen molar-refractivity contribution in [3.05, 3.63) is 29.8 Å². The van der Waals surface area contributed by atoms with E-state index in [2.05, 4.69) is 0 Å². The average Bonchev–Trinajstić information content (AvgIpc) is 2.84. The Morgan fingerprint density at radius 3 is 2.63 bits per heavy atom. The molecular weight excluding hydrogens is 450 g/mol. The SMILES string of the molecule is CCC(Cc1cccc(O)c1)C(C)OC(=O)C1CCCCN1C(=O)C(=O)C1(O)OC(C)CCC1C. The second-order valence-corrected chi connectivity index (χ2v) is 10.1. The summed E-state index contributed by atoms with van der Waals surface area (Å²) in [6.07, 6.45) is 3.70. The lowest BCUT2D eigenvalue weighted by atomic mass is 9.87. The van der Waals surface area contributed by atoms with Crippen molar-refractivity contribution < 1.29 is 34.1 Å². The number of hydrogen-bond donors (Lipinski definition) is 2. The van der Waals surface area contributed by atoms with Gasteiger partial charge in [-0.15, -0.1) is 0 Å². The number of benzene rings is 1. The van der Waals surface area contributed by atoms with Crippen LogP contribution in [0.3, 0.4) is 0 Å². The van der Waals surface area contributed by atoms with E-state index in [1.165, 1.54) is 4.90 Å². The first-order valence-corrected chi connectivity index (χ1v) is 12.8. The Morgan fingerprint density at radius 2 is 1.94 bits per heavy atom. The van der Waals surface area contributed by atoms with Gasteiger partial charge in [0, 0.05) is 12.5 Å². The predicted molar refractivity (Wildman–Crippen MR) is 129 cm³/mol. The van der Waals surface area contributed by atoms with E-state index in [9.17, 15) is 24.6 Å². The average molecular weight is 490 g/mol. The Morgan fingerprint density at radius 1 is 1.20 bits per heavy atom. The van der Waals surface area contributed by atoms with Crippen molar-refractivity contribution >= 4 is 17.7 Å². The first-order chi connectivity index (χ1) is 16.6. The molecule has 1 amide bonds. The van der Waals surface area contributed by atoms with Crippen molar-refractivity contribution in [1.82, 2.24) is 4.90 Å². The number of phenolic OH excluding ortho intramolecular Hbond substituents is 1. The van der Waals surface area contributed by atoms with E-state index in [0.717, 1.165) is 18.4 Å². The molecule has 2 fully saturated rings. The van der Waals surface area contributed by atoms with Crippen LogP contribution in [-0.2, 0) is 30.3 Å². The summed E-state index contributed by atoms with van der Waals surface area (Å²) in [4.78, 5) is 40.8. The molecule has 2 saturated heterocycles. The third-order valence-corrected chi connectivity index (χ3v) is 7.51. The number of rotatable bonds is 8. The van der Waals surface area contributed by atoms with Crippen LogP contribution in [0, 0.1) is 11.8 Å². The van der Waals surface area contributed by atoms with E-state index in [-0.39, 0.29) is 24.3 Å². The number of nitrogens with zero attached hydrogens (tertiary/aromatic N) is 1. The van der Waals surface area contributed by atoms with Crippen LogP contribution in [0.15, 0.2) is 24.3 Å². The van der Waals surface area contributed by atoms with E-state index in [1.807, 2.05) is 19.9 Å². The van der Waals surface area contributed by atoms with Crippen molar-refractivity contribution in [2.75, 3.05) is 6.54 Å². The van der Waals surface area contributed by atoms with Gasteiger partial charge in [0.2, 0.25) is 5.79 Å². The molecule has 0 bridgehead atoms. The van der Waals surface area contributed by atoms with E-state index < -0.39 is 41.5 Å². The second-order valence-electron chi connectivity index (χ2n) is 10.1. The van der Waals surface area contributed by atoms with Crippen LogP contribution in [0.5, 0.6) is 5.75 Å². The number of Topliss-reactive ketones (excluding diaryl/α,β-unsaturated/α-hetero) is 1. The lowest BCUT2D eigenvalue weighted by molar-refractivity contribution is -0.259. The fraction of sp³-hybridized carbons (Fsp3) is 0.667. The lowest BCUT2D eigenvalue weighted by Crippen LogP contribution is -2.60. The molecular formula is C27H39NO7. The number of aliphatic hydroxyl groups is 1. The number of piperidine rings is 1. The topological polar surface area (TPSA) is 113 Å². The van der Waals surface area contributed by atoms with Crippen LogP contribution in [0.25, 0.3) is 0 Å². The zero-order chi connectivity index (χ0) is 25.8. The first-order valence-electron chi connectivity index (χ1n) is 12.8. The molecule has 1 aromatic carbocycles. The minimum absolute atomic E-state index is 0.0220. The summed E-state index contributed by atoms with van der Waals surface area (Å²) in [6, 6.07) is 6.14. The van der Waals surface area contributed by atoms with Gasteiger partial charge in [0.15, 0.2) is 0 Å². The number of carbonyl (C=O) groups excluding carboxylic acids is 3. The normalized spacial score (nSPS) is 28.7. The van der Waals surface area contributed by atoms with Gasteiger partial charge in [0.25, 0.3) is 11.7 Å². The number of likely N-dealkylation sites (tertiary alicyclic amines) is 1. The maximum absolute atomic E-state index is 13.2. The fourth-order valence-electron chi connectivity index (χ4n) is 5.13. The van der Waals surface area contributed by atoms with E-state index >= 15 is 0 Å². The summed E-state index contributed by atoms with van der Waals surface area (Å²) >= 11 is 0. The number of esters is 1. The first kappa shape index (κ1) is 27.1. The maximum atomic E-state index is 13.2. The Balaban J connectivity index is 1.69. The lowest BCUT2D eigenvalue weighted by Gasteiger charge is -2.41. The molecule has 6 unspecified atom stereocenters. The summed E-state index contributed by atoms with van der Waals surface area (Å²) in [6.45, 7) is 7.55. The minimum Gasteiger partial charge on any atom is -0.508 e. The highest BCUT2D eigenvalue weighted by Gasteiger charge is 2.52.